The minimum atomic E-state index is -0.812. The van der Waals surface area contributed by atoms with Crippen LogP contribution in [0, 0.1) is 0 Å². The average Bonchev–Trinajstić information content (AvgIpc) is 3.25. The molecule has 1 aromatic heterocycles. The van der Waals surface area contributed by atoms with Gasteiger partial charge in [0.05, 0.1) is 30.2 Å². The van der Waals surface area contributed by atoms with E-state index in [1.807, 2.05) is 0 Å². The second-order valence-corrected chi connectivity index (χ2v) is 8.34. The Balaban J connectivity index is 1.70. The second kappa shape index (κ2) is 12.2. The fraction of sp³-hybridized carbons (Fsp3) is 0.217. The summed E-state index contributed by atoms with van der Waals surface area (Å²) in [7, 11) is 1.54. The molecule has 0 bridgehead atoms. The van der Waals surface area contributed by atoms with E-state index in [2.05, 4.69) is 27.4 Å². The van der Waals surface area contributed by atoms with Crippen LogP contribution in [0.1, 0.15) is 22.2 Å². The summed E-state index contributed by atoms with van der Waals surface area (Å²) >= 11 is 7.25. The molecule has 3 N–H and O–H groups in total. The van der Waals surface area contributed by atoms with Crippen LogP contribution in [0.25, 0.3) is 0 Å². The number of aliphatic hydroxyl groups is 1. The highest BCUT2D eigenvalue weighted by Crippen LogP contribution is 2.24. The number of hydrogen-bond donors (Lipinski definition) is 3. The number of allylic oxidation sites excluding steroid dienone is 1. The first-order chi connectivity index (χ1) is 16.5. The Morgan fingerprint density at radius 3 is 2.62 bits per heavy atom. The van der Waals surface area contributed by atoms with Crippen LogP contribution in [-0.4, -0.2) is 51.2 Å². The third-order valence-electron chi connectivity index (χ3n) is 4.69. The third-order valence-corrected chi connectivity index (χ3v) is 5.99. The van der Waals surface area contributed by atoms with Gasteiger partial charge in [0.25, 0.3) is 5.91 Å². The zero-order chi connectivity index (χ0) is 24.5. The van der Waals surface area contributed by atoms with Crippen molar-refractivity contribution in [2.24, 2.45) is 0 Å². The standard InChI is InChI=1S/C23H24ClN5O4S/c1-3-12-29-21(19(13-30)26-22(32)15-8-10-16(33-2)11-9-15)27-28-23(29)34-14-20(31)25-18-7-5-4-6-17(18)24/h3-11,19,30H,1,12-14H2,2H3,(H,25,31)(H,26,32)/t19-/m1/s1. The summed E-state index contributed by atoms with van der Waals surface area (Å²) in [5.41, 5.74) is 0.921. The molecule has 0 radical (unpaired) electrons. The van der Waals surface area contributed by atoms with Gasteiger partial charge in [-0.3, -0.25) is 9.59 Å². The van der Waals surface area contributed by atoms with Crippen molar-refractivity contribution in [1.82, 2.24) is 20.1 Å². The number of benzene rings is 2. The monoisotopic (exact) mass is 501 g/mol. The molecule has 0 aliphatic heterocycles. The maximum absolute atomic E-state index is 12.7. The van der Waals surface area contributed by atoms with E-state index in [0.29, 0.717) is 39.5 Å². The molecule has 3 aromatic rings. The van der Waals surface area contributed by atoms with Crippen LogP contribution in [0.2, 0.25) is 5.02 Å². The Hall–Kier alpha value is -3.34. The molecule has 3 rings (SSSR count). The predicted octanol–water partition coefficient (Wildman–Crippen LogP) is 3.32. The van der Waals surface area contributed by atoms with Crippen LogP contribution in [0.5, 0.6) is 5.75 Å². The Bertz CT molecular complexity index is 1150. The van der Waals surface area contributed by atoms with Crippen molar-refractivity contribution in [2.75, 3.05) is 24.8 Å². The van der Waals surface area contributed by atoms with Crippen molar-refractivity contribution in [2.45, 2.75) is 17.7 Å². The summed E-state index contributed by atoms with van der Waals surface area (Å²) in [5.74, 6) is 0.379. The van der Waals surface area contributed by atoms with Crippen LogP contribution in [-0.2, 0) is 11.3 Å². The molecule has 1 atom stereocenters. The van der Waals surface area contributed by atoms with E-state index in [4.69, 9.17) is 16.3 Å². The molecule has 2 aromatic carbocycles. The van der Waals surface area contributed by atoms with Crippen LogP contribution in [0.3, 0.4) is 0 Å². The van der Waals surface area contributed by atoms with Crippen molar-refractivity contribution >= 4 is 40.9 Å². The number of para-hydroxylation sites is 1. The van der Waals surface area contributed by atoms with Gasteiger partial charge in [0.2, 0.25) is 5.91 Å². The van der Waals surface area contributed by atoms with Gasteiger partial charge >= 0.3 is 0 Å². The molecule has 0 unspecified atom stereocenters. The number of thioether (sulfide) groups is 1. The van der Waals surface area contributed by atoms with Crippen molar-refractivity contribution in [3.8, 4) is 5.75 Å². The van der Waals surface area contributed by atoms with Gasteiger partial charge in [-0.1, -0.05) is 41.6 Å². The number of methoxy groups -OCH3 is 1. The third kappa shape index (κ3) is 6.37. The zero-order valence-corrected chi connectivity index (χ0v) is 20.0. The van der Waals surface area contributed by atoms with Gasteiger partial charge in [-0.15, -0.1) is 16.8 Å². The topological polar surface area (TPSA) is 118 Å². The molecule has 0 saturated heterocycles. The van der Waals surface area contributed by atoms with E-state index in [0.717, 1.165) is 0 Å². The molecule has 9 nitrogen and oxygen atoms in total. The number of anilines is 1. The second-order valence-electron chi connectivity index (χ2n) is 6.99. The summed E-state index contributed by atoms with van der Waals surface area (Å²) in [4.78, 5) is 25.0. The maximum atomic E-state index is 12.7. The quantitative estimate of drug-likeness (QED) is 0.272. The van der Waals surface area contributed by atoms with Crippen LogP contribution in [0.4, 0.5) is 5.69 Å². The van der Waals surface area contributed by atoms with Crippen LogP contribution < -0.4 is 15.4 Å². The van der Waals surface area contributed by atoms with Crippen molar-refractivity contribution in [3.05, 3.63) is 77.6 Å². The van der Waals surface area contributed by atoms with Gasteiger partial charge in [0.15, 0.2) is 11.0 Å². The van der Waals surface area contributed by atoms with Crippen molar-refractivity contribution in [1.29, 1.82) is 0 Å². The Morgan fingerprint density at radius 2 is 1.97 bits per heavy atom. The van der Waals surface area contributed by atoms with Gasteiger partial charge in [0.1, 0.15) is 11.8 Å². The molecule has 2 amide bonds. The minimum absolute atomic E-state index is 0.0580. The number of carbonyl (C=O) groups is 2. The Labute approximate surface area is 206 Å². The molecule has 0 fully saturated rings. The smallest absolute Gasteiger partial charge is 0.251 e. The lowest BCUT2D eigenvalue weighted by molar-refractivity contribution is -0.113. The number of carbonyl (C=O) groups excluding carboxylic acids is 2. The van der Waals surface area contributed by atoms with Gasteiger partial charge in [-0.2, -0.15) is 0 Å². The van der Waals surface area contributed by atoms with E-state index < -0.39 is 12.6 Å². The van der Waals surface area contributed by atoms with Crippen LogP contribution in [0.15, 0.2) is 66.3 Å². The molecule has 0 saturated carbocycles. The van der Waals surface area contributed by atoms with E-state index in [-0.39, 0.29) is 17.6 Å². The normalized spacial score (nSPS) is 11.5. The number of amides is 2. The fourth-order valence-electron chi connectivity index (χ4n) is 3.02. The highest BCUT2D eigenvalue weighted by atomic mass is 35.5. The first kappa shape index (κ1) is 25.3. The highest BCUT2D eigenvalue weighted by Gasteiger charge is 2.23. The Kier molecular flexibility index (Phi) is 9.08. The fourth-order valence-corrected chi connectivity index (χ4v) is 3.96. The minimum Gasteiger partial charge on any atom is -0.497 e. The van der Waals surface area contributed by atoms with E-state index in [9.17, 15) is 14.7 Å². The zero-order valence-electron chi connectivity index (χ0n) is 18.4. The number of ether oxygens (including phenoxy) is 1. The van der Waals surface area contributed by atoms with E-state index in [1.165, 1.54) is 11.8 Å². The summed E-state index contributed by atoms with van der Waals surface area (Å²) in [6.45, 7) is 3.68. The first-order valence-corrected chi connectivity index (χ1v) is 11.6. The summed E-state index contributed by atoms with van der Waals surface area (Å²) in [6, 6.07) is 12.7. The number of nitrogens with one attached hydrogen (secondary N) is 2. The van der Waals surface area contributed by atoms with Gasteiger partial charge in [0, 0.05) is 12.1 Å². The number of aromatic nitrogens is 3. The lowest BCUT2D eigenvalue weighted by atomic mass is 10.2. The molecule has 178 valence electrons. The number of halogens is 1. The lowest BCUT2D eigenvalue weighted by Crippen LogP contribution is -2.33. The largest absolute Gasteiger partial charge is 0.497 e. The SMILES string of the molecule is C=CCn1c(SCC(=O)Nc2ccccc2Cl)nnc1[C@@H](CO)NC(=O)c1ccc(OC)cc1. The number of hydrogen-bond acceptors (Lipinski definition) is 7. The molecule has 0 spiro atoms. The number of nitrogens with zero attached hydrogens (tertiary/aromatic N) is 3. The van der Waals surface area contributed by atoms with Gasteiger partial charge < -0.3 is 25.0 Å². The Morgan fingerprint density at radius 1 is 1.24 bits per heavy atom. The molecular formula is C23H24ClN5O4S. The molecule has 0 aliphatic rings. The van der Waals surface area contributed by atoms with E-state index >= 15 is 0 Å². The summed E-state index contributed by atoms with van der Waals surface area (Å²) < 4.78 is 6.79. The number of rotatable bonds is 11. The van der Waals surface area contributed by atoms with Gasteiger partial charge in [-0.25, -0.2) is 0 Å². The highest BCUT2D eigenvalue weighted by molar-refractivity contribution is 7.99. The van der Waals surface area contributed by atoms with Crippen molar-refractivity contribution < 1.29 is 19.4 Å². The molecule has 34 heavy (non-hydrogen) atoms. The van der Waals surface area contributed by atoms with Gasteiger partial charge in [-0.05, 0) is 36.4 Å². The van der Waals surface area contributed by atoms with Crippen molar-refractivity contribution in [3.63, 3.8) is 0 Å². The first-order valence-electron chi connectivity index (χ1n) is 10.2. The summed E-state index contributed by atoms with van der Waals surface area (Å²) in [5, 5.41) is 24.6. The summed E-state index contributed by atoms with van der Waals surface area (Å²) in [6.07, 6.45) is 1.64. The predicted molar refractivity (Wildman–Crippen MR) is 131 cm³/mol. The lowest BCUT2D eigenvalue weighted by Gasteiger charge is -2.17. The van der Waals surface area contributed by atoms with Crippen LogP contribution >= 0.6 is 23.4 Å². The van der Waals surface area contributed by atoms with E-state index in [1.54, 1.807) is 66.3 Å². The molecule has 11 heteroatoms. The average molecular weight is 502 g/mol. The molecule has 1 heterocycles. The molecular weight excluding hydrogens is 478 g/mol. The maximum Gasteiger partial charge on any atom is 0.251 e. The number of aliphatic hydroxyl groups excluding tert-OH is 1. The molecule has 0 aliphatic carbocycles.